The van der Waals surface area contributed by atoms with Crippen LogP contribution < -0.4 is 4.90 Å². The Bertz CT molecular complexity index is 538. The molecule has 3 rings (SSSR count). The molecular formula is C19H30N4O. The fourth-order valence-corrected chi connectivity index (χ4v) is 3.67. The van der Waals surface area contributed by atoms with Crippen molar-refractivity contribution >= 4 is 11.9 Å². The Labute approximate surface area is 145 Å². The van der Waals surface area contributed by atoms with Gasteiger partial charge in [-0.2, -0.15) is 0 Å². The number of anilines is 1. The molecule has 0 unspecified atom stereocenters. The van der Waals surface area contributed by atoms with E-state index in [-0.39, 0.29) is 5.92 Å². The van der Waals surface area contributed by atoms with Crippen molar-refractivity contribution in [2.45, 2.75) is 65.0 Å². The number of rotatable bonds is 6. The second kappa shape index (κ2) is 7.49. The lowest BCUT2D eigenvalue weighted by Crippen LogP contribution is -2.49. The average Bonchev–Trinajstić information content (AvgIpc) is 3.46. The molecule has 0 aromatic carbocycles. The van der Waals surface area contributed by atoms with E-state index in [1.54, 1.807) is 12.4 Å². The summed E-state index contributed by atoms with van der Waals surface area (Å²) in [6, 6.07) is 2.69. The number of aromatic nitrogens is 2. The number of carbonyl (C=O) groups is 1. The molecule has 0 spiro atoms. The first-order valence-corrected chi connectivity index (χ1v) is 9.46. The molecule has 1 saturated heterocycles. The molecular weight excluding hydrogens is 300 g/mol. The fourth-order valence-electron chi connectivity index (χ4n) is 3.67. The van der Waals surface area contributed by atoms with Crippen LogP contribution in [0, 0.1) is 11.8 Å². The van der Waals surface area contributed by atoms with Gasteiger partial charge in [-0.25, -0.2) is 9.97 Å². The van der Waals surface area contributed by atoms with Gasteiger partial charge in [0.05, 0.1) is 0 Å². The van der Waals surface area contributed by atoms with Crippen LogP contribution in [0.1, 0.15) is 52.9 Å². The lowest BCUT2D eigenvalue weighted by molar-refractivity contribution is -0.140. The molecule has 1 saturated carbocycles. The summed E-state index contributed by atoms with van der Waals surface area (Å²) < 4.78 is 0. The first-order chi connectivity index (χ1) is 11.6. The zero-order valence-corrected chi connectivity index (χ0v) is 15.2. The Morgan fingerprint density at radius 1 is 1.21 bits per heavy atom. The van der Waals surface area contributed by atoms with Gasteiger partial charge in [-0.15, -0.1) is 0 Å². The van der Waals surface area contributed by atoms with E-state index >= 15 is 0 Å². The van der Waals surface area contributed by atoms with Crippen LogP contribution >= 0.6 is 0 Å². The molecule has 2 aliphatic rings. The standard InChI is InChI=1S/C19H30N4O/c1-4-14(2)15(3)23(17-6-7-17)18(24)16-8-12-22(13-9-16)19-20-10-5-11-21-19/h5,10-11,14-17H,4,6-9,12-13H2,1-3H3/t14-,15+/m1/s1. The quantitative estimate of drug-likeness (QED) is 0.804. The van der Waals surface area contributed by atoms with Crippen molar-refractivity contribution in [2.24, 2.45) is 11.8 Å². The van der Waals surface area contributed by atoms with Gasteiger partial charge in [0.2, 0.25) is 11.9 Å². The average molecular weight is 330 g/mol. The molecule has 1 aliphatic carbocycles. The van der Waals surface area contributed by atoms with Crippen LogP contribution in [0.5, 0.6) is 0 Å². The van der Waals surface area contributed by atoms with Gasteiger partial charge in [-0.3, -0.25) is 4.79 Å². The normalized spacial score (nSPS) is 21.4. The maximum absolute atomic E-state index is 13.2. The highest BCUT2D eigenvalue weighted by molar-refractivity contribution is 5.80. The second-order valence-corrected chi connectivity index (χ2v) is 7.41. The summed E-state index contributed by atoms with van der Waals surface area (Å²) in [6.07, 6.45) is 8.87. The summed E-state index contributed by atoms with van der Waals surface area (Å²) in [7, 11) is 0. The summed E-state index contributed by atoms with van der Waals surface area (Å²) >= 11 is 0. The van der Waals surface area contributed by atoms with Crippen LogP contribution in [0.25, 0.3) is 0 Å². The number of carbonyl (C=O) groups excluding carboxylic acids is 1. The molecule has 24 heavy (non-hydrogen) atoms. The molecule has 132 valence electrons. The van der Waals surface area contributed by atoms with Crippen LogP contribution in [0.2, 0.25) is 0 Å². The van der Waals surface area contributed by atoms with E-state index in [9.17, 15) is 4.79 Å². The lowest BCUT2D eigenvalue weighted by Gasteiger charge is -2.38. The molecule has 2 atom stereocenters. The summed E-state index contributed by atoms with van der Waals surface area (Å²) in [5.74, 6) is 1.90. The minimum Gasteiger partial charge on any atom is -0.341 e. The van der Waals surface area contributed by atoms with Gasteiger partial charge in [0.25, 0.3) is 0 Å². The van der Waals surface area contributed by atoms with Gasteiger partial charge in [0.15, 0.2) is 0 Å². The van der Waals surface area contributed by atoms with E-state index in [2.05, 4.69) is 40.5 Å². The predicted molar refractivity (Wildman–Crippen MR) is 95.8 cm³/mol. The molecule has 5 nitrogen and oxygen atoms in total. The van der Waals surface area contributed by atoms with Crippen LogP contribution in [0.15, 0.2) is 18.5 Å². The van der Waals surface area contributed by atoms with Gasteiger partial charge in [-0.1, -0.05) is 20.3 Å². The molecule has 2 heterocycles. The molecule has 5 heteroatoms. The van der Waals surface area contributed by atoms with Crippen LogP contribution in [-0.2, 0) is 4.79 Å². The second-order valence-electron chi connectivity index (χ2n) is 7.41. The van der Waals surface area contributed by atoms with Crippen molar-refractivity contribution in [1.29, 1.82) is 0 Å². The molecule has 1 amide bonds. The van der Waals surface area contributed by atoms with Crippen molar-refractivity contribution < 1.29 is 4.79 Å². The molecule has 2 fully saturated rings. The lowest BCUT2D eigenvalue weighted by atomic mass is 9.92. The molecule has 1 aromatic rings. The highest BCUT2D eigenvalue weighted by atomic mass is 16.2. The summed E-state index contributed by atoms with van der Waals surface area (Å²) in [6.45, 7) is 8.46. The SMILES string of the molecule is CC[C@@H](C)[C@H](C)N(C(=O)C1CCN(c2ncccn2)CC1)C1CC1. The zero-order chi connectivity index (χ0) is 17.1. The Morgan fingerprint density at radius 3 is 2.38 bits per heavy atom. The van der Waals surface area contributed by atoms with E-state index in [1.165, 1.54) is 12.8 Å². The summed E-state index contributed by atoms with van der Waals surface area (Å²) in [5.41, 5.74) is 0. The van der Waals surface area contributed by atoms with Crippen molar-refractivity contribution in [3.05, 3.63) is 18.5 Å². The number of nitrogens with zero attached hydrogens (tertiary/aromatic N) is 4. The first kappa shape index (κ1) is 17.2. The Hall–Kier alpha value is -1.65. The third-order valence-electron chi connectivity index (χ3n) is 5.78. The van der Waals surface area contributed by atoms with Gasteiger partial charge in [-0.05, 0) is 44.6 Å². The van der Waals surface area contributed by atoms with Crippen molar-refractivity contribution in [3.63, 3.8) is 0 Å². The number of hydrogen-bond donors (Lipinski definition) is 0. The molecule has 1 aliphatic heterocycles. The molecule has 0 N–H and O–H groups in total. The Balaban J connectivity index is 1.61. The first-order valence-electron chi connectivity index (χ1n) is 9.46. The fraction of sp³-hybridized carbons (Fsp3) is 0.737. The number of piperidine rings is 1. The van der Waals surface area contributed by atoms with Gasteiger partial charge in [0.1, 0.15) is 0 Å². The predicted octanol–water partition coefficient (Wildman–Crippen LogP) is 3.12. The van der Waals surface area contributed by atoms with E-state index < -0.39 is 0 Å². The minimum absolute atomic E-state index is 0.164. The van der Waals surface area contributed by atoms with Gasteiger partial charge < -0.3 is 9.80 Å². The molecule has 1 aromatic heterocycles. The van der Waals surface area contributed by atoms with Crippen molar-refractivity contribution in [2.75, 3.05) is 18.0 Å². The van der Waals surface area contributed by atoms with Crippen molar-refractivity contribution in [3.8, 4) is 0 Å². The van der Waals surface area contributed by atoms with Gasteiger partial charge >= 0.3 is 0 Å². The third-order valence-corrected chi connectivity index (χ3v) is 5.78. The third kappa shape index (κ3) is 3.70. The summed E-state index contributed by atoms with van der Waals surface area (Å²) in [5, 5.41) is 0. The Morgan fingerprint density at radius 2 is 1.83 bits per heavy atom. The highest BCUT2D eigenvalue weighted by Gasteiger charge is 2.40. The molecule has 0 bridgehead atoms. The van der Waals surface area contributed by atoms with E-state index in [0.29, 0.717) is 23.9 Å². The maximum Gasteiger partial charge on any atom is 0.226 e. The topological polar surface area (TPSA) is 49.3 Å². The largest absolute Gasteiger partial charge is 0.341 e. The van der Waals surface area contributed by atoms with Crippen molar-refractivity contribution in [1.82, 2.24) is 14.9 Å². The van der Waals surface area contributed by atoms with Crippen LogP contribution in [0.3, 0.4) is 0 Å². The minimum atomic E-state index is 0.164. The van der Waals surface area contributed by atoms with E-state index in [1.807, 2.05) is 6.07 Å². The summed E-state index contributed by atoms with van der Waals surface area (Å²) in [4.78, 5) is 26.2. The highest BCUT2D eigenvalue weighted by Crippen LogP contribution is 2.34. The van der Waals surface area contributed by atoms with Crippen LogP contribution in [0.4, 0.5) is 5.95 Å². The number of amides is 1. The number of hydrogen-bond acceptors (Lipinski definition) is 4. The monoisotopic (exact) mass is 330 g/mol. The zero-order valence-electron chi connectivity index (χ0n) is 15.2. The van der Waals surface area contributed by atoms with Gasteiger partial charge in [0, 0.05) is 43.5 Å². The smallest absolute Gasteiger partial charge is 0.226 e. The molecule has 0 radical (unpaired) electrons. The maximum atomic E-state index is 13.2. The Kier molecular flexibility index (Phi) is 5.36. The van der Waals surface area contributed by atoms with E-state index in [4.69, 9.17) is 0 Å². The van der Waals surface area contributed by atoms with E-state index in [0.717, 1.165) is 38.3 Å². The van der Waals surface area contributed by atoms with Crippen LogP contribution in [-0.4, -0.2) is 45.9 Å².